The van der Waals surface area contributed by atoms with Gasteiger partial charge in [0.1, 0.15) is 11.5 Å². The van der Waals surface area contributed by atoms with Crippen molar-refractivity contribution in [3.05, 3.63) is 62.4 Å². The molecule has 1 amide bonds. The lowest BCUT2D eigenvalue weighted by molar-refractivity contribution is -0.384. The van der Waals surface area contributed by atoms with Crippen LogP contribution in [-0.4, -0.2) is 28.9 Å². The number of rotatable bonds is 7. The van der Waals surface area contributed by atoms with Crippen LogP contribution in [0.15, 0.2) is 40.9 Å². The minimum atomic E-state index is -1.24. The summed E-state index contributed by atoms with van der Waals surface area (Å²) in [4.78, 5) is 35.2. The lowest BCUT2D eigenvalue weighted by atomic mass is 10.1. The van der Waals surface area contributed by atoms with E-state index < -0.39 is 28.7 Å². The maximum absolute atomic E-state index is 13.8. The Morgan fingerprint density at radius 3 is 2.55 bits per heavy atom. The first-order valence-electron chi connectivity index (χ1n) is 8.76. The number of halogens is 2. The van der Waals surface area contributed by atoms with Crippen LogP contribution < -0.4 is 10.6 Å². The maximum atomic E-state index is 13.8. The fraction of sp³-hybridized carbons (Fsp3) is 0.263. The third-order valence-electron chi connectivity index (χ3n) is 4.21. The Hall–Kier alpha value is -3.01. The number of hydrogen-bond donors (Lipinski definition) is 2. The number of nitrogens with zero attached hydrogens (tertiary/aromatic N) is 1. The zero-order valence-electron chi connectivity index (χ0n) is 15.3. The molecule has 2 aromatic rings. The SMILES string of the molecule is CC(OC(=O)c1ccc(NC2CC2)c([N+](=O)[O-])c1)C(=O)Nc1ccc(Br)cc1F. The summed E-state index contributed by atoms with van der Waals surface area (Å²) in [5.41, 5.74) is -0.0503. The number of amides is 1. The van der Waals surface area contributed by atoms with Gasteiger partial charge in [-0.15, -0.1) is 0 Å². The van der Waals surface area contributed by atoms with Gasteiger partial charge in [-0.1, -0.05) is 15.9 Å². The van der Waals surface area contributed by atoms with Gasteiger partial charge < -0.3 is 15.4 Å². The fourth-order valence-electron chi connectivity index (χ4n) is 2.49. The summed E-state index contributed by atoms with van der Waals surface area (Å²) in [5.74, 6) is -2.29. The third-order valence-corrected chi connectivity index (χ3v) is 4.70. The number of nitrogens with one attached hydrogen (secondary N) is 2. The van der Waals surface area contributed by atoms with Gasteiger partial charge in [-0.25, -0.2) is 9.18 Å². The van der Waals surface area contributed by atoms with E-state index in [1.165, 1.54) is 31.2 Å². The molecule has 1 atom stereocenters. The zero-order chi connectivity index (χ0) is 21.1. The second-order valence-corrected chi connectivity index (χ2v) is 7.48. The van der Waals surface area contributed by atoms with Gasteiger partial charge in [0.25, 0.3) is 11.6 Å². The second kappa shape index (κ2) is 8.56. The van der Waals surface area contributed by atoms with E-state index in [0.717, 1.165) is 18.9 Å². The van der Waals surface area contributed by atoms with E-state index in [9.17, 15) is 24.1 Å². The quantitative estimate of drug-likeness (QED) is 0.359. The lowest BCUT2D eigenvalue weighted by Crippen LogP contribution is -2.30. The smallest absolute Gasteiger partial charge is 0.339 e. The molecular weight excluding hydrogens is 449 g/mol. The van der Waals surface area contributed by atoms with Gasteiger partial charge >= 0.3 is 5.97 Å². The monoisotopic (exact) mass is 465 g/mol. The van der Waals surface area contributed by atoms with E-state index >= 15 is 0 Å². The minimum absolute atomic E-state index is 0.0625. The van der Waals surface area contributed by atoms with Crippen molar-refractivity contribution >= 4 is 44.9 Å². The largest absolute Gasteiger partial charge is 0.449 e. The number of esters is 1. The van der Waals surface area contributed by atoms with Crippen molar-refractivity contribution in [3.63, 3.8) is 0 Å². The van der Waals surface area contributed by atoms with Crippen LogP contribution >= 0.6 is 15.9 Å². The van der Waals surface area contributed by atoms with Crippen molar-refractivity contribution in [2.24, 2.45) is 0 Å². The van der Waals surface area contributed by atoms with Gasteiger partial charge in [0, 0.05) is 16.6 Å². The number of nitro benzene ring substituents is 1. The summed E-state index contributed by atoms with van der Waals surface area (Å²) in [5, 5.41) is 16.7. The van der Waals surface area contributed by atoms with Gasteiger partial charge in [-0.05, 0) is 50.1 Å². The summed E-state index contributed by atoms with van der Waals surface area (Å²) < 4.78 is 19.4. The van der Waals surface area contributed by atoms with E-state index in [4.69, 9.17) is 4.74 Å². The fourth-order valence-corrected chi connectivity index (χ4v) is 2.82. The minimum Gasteiger partial charge on any atom is -0.449 e. The van der Waals surface area contributed by atoms with E-state index in [1.54, 1.807) is 6.07 Å². The second-order valence-electron chi connectivity index (χ2n) is 6.57. The molecule has 0 aromatic heterocycles. The van der Waals surface area contributed by atoms with Crippen LogP contribution in [0.2, 0.25) is 0 Å². The van der Waals surface area contributed by atoms with Crippen LogP contribution in [0.3, 0.4) is 0 Å². The Morgan fingerprint density at radius 2 is 1.93 bits per heavy atom. The molecule has 1 aliphatic carbocycles. The predicted octanol–water partition coefficient (Wildman–Crippen LogP) is 4.25. The summed E-state index contributed by atoms with van der Waals surface area (Å²) in [6.07, 6.45) is 0.632. The Balaban J connectivity index is 1.67. The molecule has 0 aliphatic heterocycles. The molecule has 0 spiro atoms. The highest BCUT2D eigenvalue weighted by Gasteiger charge is 2.27. The Labute approximate surface area is 173 Å². The summed E-state index contributed by atoms with van der Waals surface area (Å²) in [6.45, 7) is 1.32. The van der Waals surface area contributed by atoms with Crippen LogP contribution in [0, 0.1) is 15.9 Å². The molecule has 0 saturated heterocycles. The predicted molar refractivity (Wildman–Crippen MR) is 107 cm³/mol. The molecule has 29 heavy (non-hydrogen) atoms. The van der Waals surface area contributed by atoms with Crippen LogP contribution in [0.25, 0.3) is 0 Å². The molecule has 0 radical (unpaired) electrons. The van der Waals surface area contributed by atoms with Crippen molar-refractivity contribution in [1.82, 2.24) is 0 Å². The standard InChI is InChI=1S/C19H17BrFN3O5/c1-10(18(25)23-15-7-3-12(20)9-14(15)21)29-19(26)11-2-6-16(22-13-4-5-13)17(8-11)24(27)28/h2-3,6-10,13,22H,4-5H2,1H3,(H,23,25). The molecule has 0 heterocycles. The molecule has 10 heteroatoms. The molecule has 1 unspecified atom stereocenters. The van der Waals surface area contributed by atoms with Gasteiger partial charge in [0.2, 0.25) is 0 Å². The number of benzene rings is 2. The van der Waals surface area contributed by atoms with Crippen molar-refractivity contribution in [2.75, 3.05) is 10.6 Å². The maximum Gasteiger partial charge on any atom is 0.339 e. The summed E-state index contributed by atoms with van der Waals surface area (Å²) in [6, 6.07) is 8.23. The van der Waals surface area contributed by atoms with Crippen LogP contribution in [-0.2, 0) is 9.53 Å². The van der Waals surface area contributed by atoms with Crippen molar-refractivity contribution in [3.8, 4) is 0 Å². The highest BCUT2D eigenvalue weighted by molar-refractivity contribution is 9.10. The third kappa shape index (κ3) is 5.29. The highest BCUT2D eigenvalue weighted by Crippen LogP contribution is 2.31. The Kier molecular flexibility index (Phi) is 6.12. The normalized spacial score (nSPS) is 14.0. The van der Waals surface area contributed by atoms with E-state index in [1.807, 2.05) is 0 Å². The summed E-state index contributed by atoms with van der Waals surface area (Å²) >= 11 is 3.11. The van der Waals surface area contributed by atoms with Gasteiger partial charge in [-0.2, -0.15) is 0 Å². The Morgan fingerprint density at radius 1 is 1.24 bits per heavy atom. The number of ether oxygens (including phenoxy) is 1. The average Bonchev–Trinajstić information content (AvgIpc) is 3.48. The van der Waals surface area contributed by atoms with Crippen LogP contribution in [0.1, 0.15) is 30.1 Å². The number of hydrogen-bond acceptors (Lipinski definition) is 6. The summed E-state index contributed by atoms with van der Waals surface area (Å²) in [7, 11) is 0. The van der Waals surface area contributed by atoms with Gasteiger partial charge in [0.05, 0.1) is 16.2 Å². The number of carbonyl (C=O) groups excluding carboxylic acids is 2. The van der Waals surface area contributed by atoms with Crippen LogP contribution in [0.5, 0.6) is 0 Å². The van der Waals surface area contributed by atoms with E-state index in [0.29, 0.717) is 10.2 Å². The zero-order valence-corrected chi connectivity index (χ0v) is 16.9. The van der Waals surface area contributed by atoms with E-state index in [2.05, 4.69) is 26.6 Å². The van der Waals surface area contributed by atoms with Gasteiger partial charge in [-0.3, -0.25) is 14.9 Å². The molecule has 1 fully saturated rings. The number of carbonyl (C=O) groups is 2. The van der Waals surface area contributed by atoms with Crippen molar-refractivity contribution < 1.29 is 23.6 Å². The topological polar surface area (TPSA) is 111 Å². The molecule has 8 nitrogen and oxygen atoms in total. The average molecular weight is 466 g/mol. The molecule has 2 aromatic carbocycles. The number of anilines is 2. The molecule has 3 rings (SSSR count). The molecule has 1 aliphatic rings. The first kappa shape index (κ1) is 20.7. The molecule has 0 bridgehead atoms. The molecule has 1 saturated carbocycles. The molecule has 152 valence electrons. The van der Waals surface area contributed by atoms with Gasteiger partial charge in [0.15, 0.2) is 6.10 Å². The molecule has 2 N–H and O–H groups in total. The Bertz CT molecular complexity index is 980. The first-order chi connectivity index (χ1) is 13.7. The lowest BCUT2D eigenvalue weighted by Gasteiger charge is -2.14. The highest BCUT2D eigenvalue weighted by atomic mass is 79.9. The van der Waals surface area contributed by atoms with Crippen molar-refractivity contribution in [1.29, 1.82) is 0 Å². The van der Waals surface area contributed by atoms with Crippen LogP contribution in [0.4, 0.5) is 21.5 Å². The van der Waals surface area contributed by atoms with E-state index in [-0.39, 0.29) is 23.0 Å². The number of nitro groups is 1. The molecular formula is C19H17BrFN3O5. The van der Waals surface area contributed by atoms with Crippen molar-refractivity contribution in [2.45, 2.75) is 31.9 Å². The first-order valence-corrected chi connectivity index (χ1v) is 9.56.